The van der Waals surface area contributed by atoms with Crippen molar-refractivity contribution in [3.05, 3.63) is 55.9 Å². The number of nitrogens with zero attached hydrogens (tertiary/aromatic N) is 8. The van der Waals surface area contributed by atoms with E-state index < -0.39 is 0 Å². The molecule has 8 nitrogen and oxygen atoms in total. The Bertz CT molecular complexity index is 1530. The van der Waals surface area contributed by atoms with Gasteiger partial charge in [0.2, 0.25) is 0 Å². The van der Waals surface area contributed by atoms with E-state index in [2.05, 4.69) is 76.0 Å². The SMILES string of the molecule is Cc1nc(-n2nnc3c(C)c(C)c(C)c(C)c32)c(C)nc1-n1nnc2c(C)c(C)c(C)c(C)c21. The highest BCUT2D eigenvalue weighted by Gasteiger charge is 2.22. The molecule has 0 aliphatic carbocycles. The van der Waals surface area contributed by atoms with Crippen LogP contribution in [-0.2, 0) is 0 Å². The number of rotatable bonds is 2. The molecule has 3 heterocycles. The minimum absolute atomic E-state index is 0.679. The Labute approximate surface area is 199 Å². The molecule has 0 aliphatic heterocycles. The highest BCUT2D eigenvalue weighted by molar-refractivity contribution is 5.86. The van der Waals surface area contributed by atoms with Crippen molar-refractivity contribution >= 4 is 22.1 Å². The van der Waals surface area contributed by atoms with Crippen LogP contribution in [0.2, 0.25) is 0 Å². The zero-order chi connectivity index (χ0) is 24.6. The summed E-state index contributed by atoms with van der Waals surface area (Å²) in [7, 11) is 0. The van der Waals surface area contributed by atoms with E-state index in [0.717, 1.165) is 55.7 Å². The van der Waals surface area contributed by atoms with Crippen LogP contribution in [0.4, 0.5) is 0 Å². The summed E-state index contributed by atoms with van der Waals surface area (Å²) >= 11 is 0. The summed E-state index contributed by atoms with van der Waals surface area (Å²) in [5, 5.41) is 18.0. The monoisotopic (exact) mass is 454 g/mol. The zero-order valence-corrected chi connectivity index (χ0v) is 21.6. The molecule has 0 unspecified atom stereocenters. The van der Waals surface area contributed by atoms with E-state index in [4.69, 9.17) is 9.97 Å². The second-order valence-corrected chi connectivity index (χ2v) is 9.44. The minimum atomic E-state index is 0.679. The van der Waals surface area contributed by atoms with Crippen molar-refractivity contribution < 1.29 is 0 Å². The fourth-order valence-corrected chi connectivity index (χ4v) is 4.85. The second kappa shape index (κ2) is 7.41. The van der Waals surface area contributed by atoms with E-state index in [1.54, 1.807) is 0 Å². The van der Waals surface area contributed by atoms with Crippen molar-refractivity contribution in [2.45, 2.75) is 69.2 Å². The van der Waals surface area contributed by atoms with Crippen LogP contribution in [0.5, 0.6) is 0 Å². The largest absolute Gasteiger partial charge is 0.228 e. The van der Waals surface area contributed by atoms with Crippen molar-refractivity contribution in [1.29, 1.82) is 0 Å². The van der Waals surface area contributed by atoms with Gasteiger partial charge in [-0.3, -0.25) is 0 Å². The molecule has 0 bridgehead atoms. The first-order valence-corrected chi connectivity index (χ1v) is 11.5. The van der Waals surface area contributed by atoms with Gasteiger partial charge in [-0.15, -0.1) is 10.2 Å². The van der Waals surface area contributed by atoms with E-state index in [1.807, 2.05) is 23.2 Å². The van der Waals surface area contributed by atoms with Gasteiger partial charge in [0.15, 0.2) is 11.6 Å². The molecule has 0 aliphatic rings. The number of aryl methyl sites for hydroxylation is 6. The standard InChI is InChI=1S/C26H30N8/c1-11-13(3)17(7)23-21(15(11)5)29-31-33(23)25-19(9)28-26(20(10)27-25)34-24-18(8)14(4)12(2)16(6)22(24)30-32-34/h1-10H3. The summed E-state index contributed by atoms with van der Waals surface area (Å²) in [6.45, 7) is 20.9. The maximum Gasteiger partial charge on any atom is 0.177 e. The maximum atomic E-state index is 4.95. The number of benzene rings is 2. The van der Waals surface area contributed by atoms with Crippen LogP contribution in [0, 0.1) is 69.2 Å². The quantitative estimate of drug-likeness (QED) is 0.372. The van der Waals surface area contributed by atoms with Gasteiger partial charge < -0.3 is 0 Å². The van der Waals surface area contributed by atoms with Gasteiger partial charge in [-0.1, -0.05) is 10.4 Å². The Morgan fingerprint density at radius 1 is 0.412 bits per heavy atom. The highest BCUT2D eigenvalue weighted by atomic mass is 15.5. The van der Waals surface area contributed by atoms with Crippen molar-refractivity contribution in [3.63, 3.8) is 0 Å². The fraction of sp³-hybridized carbons (Fsp3) is 0.385. The number of fused-ring (bicyclic) bond motifs is 2. The third kappa shape index (κ3) is 2.84. The first-order valence-electron chi connectivity index (χ1n) is 11.5. The summed E-state index contributed by atoms with van der Waals surface area (Å²) in [5.41, 5.74) is 14.9. The Morgan fingerprint density at radius 3 is 1.09 bits per heavy atom. The minimum Gasteiger partial charge on any atom is -0.228 e. The Hall–Kier alpha value is -3.68. The van der Waals surface area contributed by atoms with Crippen LogP contribution < -0.4 is 0 Å². The first-order chi connectivity index (χ1) is 16.0. The van der Waals surface area contributed by atoms with Gasteiger partial charge in [-0.2, -0.15) is 9.36 Å². The van der Waals surface area contributed by atoms with Crippen molar-refractivity contribution in [2.75, 3.05) is 0 Å². The van der Waals surface area contributed by atoms with Crippen LogP contribution in [0.15, 0.2) is 0 Å². The molecule has 0 saturated heterocycles. The maximum absolute atomic E-state index is 4.95. The van der Waals surface area contributed by atoms with Gasteiger partial charge >= 0.3 is 0 Å². The predicted molar refractivity (Wildman–Crippen MR) is 134 cm³/mol. The van der Waals surface area contributed by atoms with Gasteiger partial charge in [0.25, 0.3) is 0 Å². The number of hydrogen-bond acceptors (Lipinski definition) is 6. The Kier molecular flexibility index (Phi) is 4.83. The van der Waals surface area contributed by atoms with E-state index in [0.29, 0.717) is 11.6 Å². The van der Waals surface area contributed by atoms with E-state index in [9.17, 15) is 0 Å². The topological polar surface area (TPSA) is 87.2 Å². The summed E-state index contributed by atoms with van der Waals surface area (Å²) in [5.74, 6) is 1.36. The lowest BCUT2D eigenvalue weighted by Gasteiger charge is -2.15. The third-order valence-corrected chi connectivity index (χ3v) is 7.73. The third-order valence-electron chi connectivity index (χ3n) is 7.73. The lowest BCUT2D eigenvalue weighted by molar-refractivity contribution is 0.748. The molecule has 0 fully saturated rings. The lowest BCUT2D eigenvalue weighted by Crippen LogP contribution is -2.12. The van der Waals surface area contributed by atoms with Crippen LogP contribution in [0.3, 0.4) is 0 Å². The molecule has 174 valence electrons. The van der Waals surface area contributed by atoms with E-state index in [-0.39, 0.29) is 0 Å². The van der Waals surface area contributed by atoms with Crippen LogP contribution in [0.1, 0.15) is 55.9 Å². The second-order valence-electron chi connectivity index (χ2n) is 9.44. The fourth-order valence-electron chi connectivity index (χ4n) is 4.85. The molecule has 3 aromatic heterocycles. The van der Waals surface area contributed by atoms with Crippen LogP contribution in [0.25, 0.3) is 33.7 Å². The Balaban J connectivity index is 1.75. The van der Waals surface area contributed by atoms with Gasteiger partial charge in [-0.05, 0) is 114 Å². The van der Waals surface area contributed by atoms with Crippen LogP contribution in [-0.4, -0.2) is 40.0 Å². The molecule has 5 aromatic rings. The molecule has 34 heavy (non-hydrogen) atoms. The highest BCUT2D eigenvalue weighted by Crippen LogP contribution is 2.31. The molecule has 0 saturated carbocycles. The molecule has 5 rings (SSSR count). The van der Waals surface area contributed by atoms with E-state index in [1.165, 1.54) is 22.3 Å². The van der Waals surface area contributed by atoms with E-state index >= 15 is 0 Å². The number of hydrogen-bond donors (Lipinski definition) is 0. The molecule has 0 atom stereocenters. The van der Waals surface area contributed by atoms with Gasteiger partial charge in [-0.25, -0.2) is 9.97 Å². The van der Waals surface area contributed by atoms with Crippen molar-refractivity contribution in [1.82, 2.24) is 40.0 Å². The molecule has 8 heteroatoms. The smallest absolute Gasteiger partial charge is 0.177 e. The molecule has 0 spiro atoms. The zero-order valence-electron chi connectivity index (χ0n) is 21.6. The lowest BCUT2D eigenvalue weighted by atomic mass is 9.97. The van der Waals surface area contributed by atoms with Crippen molar-refractivity contribution in [3.8, 4) is 11.6 Å². The van der Waals surface area contributed by atoms with Gasteiger partial charge in [0, 0.05) is 0 Å². The summed E-state index contributed by atoms with van der Waals surface area (Å²) in [6.07, 6.45) is 0. The molecular formula is C26H30N8. The average molecular weight is 455 g/mol. The summed E-state index contributed by atoms with van der Waals surface area (Å²) in [6, 6.07) is 0. The normalized spacial score (nSPS) is 11.8. The molecule has 0 radical (unpaired) electrons. The summed E-state index contributed by atoms with van der Waals surface area (Å²) in [4.78, 5) is 9.90. The average Bonchev–Trinajstić information content (AvgIpc) is 3.45. The Morgan fingerprint density at radius 2 is 0.735 bits per heavy atom. The molecular weight excluding hydrogens is 424 g/mol. The van der Waals surface area contributed by atoms with Crippen molar-refractivity contribution in [2.24, 2.45) is 0 Å². The molecule has 0 amide bonds. The predicted octanol–water partition coefficient (Wildman–Crippen LogP) is 5.03. The molecule has 0 N–H and O–H groups in total. The van der Waals surface area contributed by atoms with Crippen LogP contribution >= 0.6 is 0 Å². The van der Waals surface area contributed by atoms with Gasteiger partial charge in [0.05, 0.1) is 22.4 Å². The summed E-state index contributed by atoms with van der Waals surface area (Å²) < 4.78 is 3.65. The number of aromatic nitrogens is 8. The molecule has 2 aromatic carbocycles. The first kappa shape index (κ1) is 22.1. The van der Waals surface area contributed by atoms with Gasteiger partial charge in [0.1, 0.15) is 11.0 Å².